The molecular weight excluding hydrogens is 1260 g/mol. The van der Waals surface area contributed by atoms with Crippen molar-refractivity contribution in [3.8, 4) is 0 Å². The van der Waals surface area contributed by atoms with E-state index in [1.165, 1.54) is 205 Å². The summed E-state index contributed by atoms with van der Waals surface area (Å²) in [4.78, 5) is 72.9. The zero-order valence-corrected chi connectivity index (χ0v) is 64.6. The summed E-state index contributed by atoms with van der Waals surface area (Å²) in [6, 6.07) is 0. The molecule has 0 aliphatic rings. The van der Waals surface area contributed by atoms with Crippen molar-refractivity contribution < 1.29 is 80.2 Å². The van der Waals surface area contributed by atoms with Gasteiger partial charge in [-0.05, 0) is 43.4 Å². The molecule has 0 aromatic heterocycles. The molecule has 7 atom stereocenters. The Kier molecular flexibility index (Phi) is 66.2. The van der Waals surface area contributed by atoms with E-state index in [2.05, 4.69) is 48.5 Å². The Bertz CT molecular complexity index is 1870. The molecule has 96 heavy (non-hydrogen) atoms. The molecule has 0 radical (unpaired) electrons. The van der Waals surface area contributed by atoms with Gasteiger partial charge in [-0.2, -0.15) is 0 Å². The van der Waals surface area contributed by atoms with Crippen molar-refractivity contribution in [2.24, 2.45) is 17.8 Å². The van der Waals surface area contributed by atoms with Gasteiger partial charge in [-0.25, -0.2) is 9.13 Å². The highest BCUT2D eigenvalue weighted by atomic mass is 31.2. The fourth-order valence-electron chi connectivity index (χ4n) is 11.7. The van der Waals surface area contributed by atoms with Gasteiger partial charge in [0.05, 0.1) is 26.4 Å². The van der Waals surface area contributed by atoms with Crippen molar-refractivity contribution in [1.82, 2.24) is 0 Å². The van der Waals surface area contributed by atoms with Gasteiger partial charge in [0.15, 0.2) is 12.2 Å². The van der Waals surface area contributed by atoms with Gasteiger partial charge in [-0.15, -0.1) is 0 Å². The quantitative estimate of drug-likeness (QED) is 0.0222. The second kappa shape index (κ2) is 67.5. The van der Waals surface area contributed by atoms with Crippen molar-refractivity contribution in [3.63, 3.8) is 0 Å². The molecule has 0 aliphatic heterocycles. The normalized spacial score (nSPS) is 14.6. The molecule has 4 unspecified atom stereocenters. The van der Waals surface area contributed by atoms with Crippen LogP contribution in [-0.2, 0) is 65.4 Å². The molecule has 570 valence electrons. The zero-order valence-electron chi connectivity index (χ0n) is 62.8. The first-order valence-electron chi connectivity index (χ1n) is 39.9. The lowest BCUT2D eigenvalue weighted by molar-refractivity contribution is -0.161. The number of aliphatic hydroxyl groups is 1. The van der Waals surface area contributed by atoms with Crippen molar-refractivity contribution in [1.29, 1.82) is 0 Å². The maximum atomic E-state index is 13.1. The molecule has 17 nitrogen and oxygen atoms in total. The van der Waals surface area contributed by atoms with Crippen LogP contribution in [0.1, 0.15) is 395 Å². The third-order valence-corrected chi connectivity index (χ3v) is 20.5. The predicted octanol–water partition coefficient (Wildman–Crippen LogP) is 22.6. The molecular formula is C77H150O17P2. The van der Waals surface area contributed by atoms with Crippen LogP contribution in [0.3, 0.4) is 0 Å². The van der Waals surface area contributed by atoms with Crippen molar-refractivity contribution in [2.75, 3.05) is 39.6 Å². The molecule has 0 aliphatic carbocycles. The topological polar surface area (TPSA) is 237 Å². The van der Waals surface area contributed by atoms with Crippen LogP contribution >= 0.6 is 15.6 Å². The standard InChI is InChI=1S/C77H150O17P2/c1-8-11-12-13-14-15-16-19-23-30-39-46-53-60-76(81)94-73(65-88-75(80)59-52-45-38-33-32-36-43-50-57-70(7)10-3)67-92-96(85,86)90-63-71(78)62-89-95(83,84)91-66-72(64-87-74(79)58-51-44-37-29-26-25-28-35-42-49-56-69(6)9-2)93-77(82)61-54-47-40-31-24-21-18-17-20-22-27-34-41-48-55-68(4)5/h68-73,78H,8-67H2,1-7H3,(H,83,84)(H,85,86)/t69?,70?,71-,72-,73-/m1/s1. The Balaban J connectivity index is 5.27. The van der Waals surface area contributed by atoms with Crippen LogP contribution in [-0.4, -0.2) is 96.7 Å². The molecule has 3 N–H and O–H groups in total. The minimum atomic E-state index is -4.96. The molecule has 0 heterocycles. The van der Waals surface area contributed by atoms with Crippen LogP contribution in [0.2, 0.25) is 0 Å². The summed E-state index contributed by atoms with van der Waals surface area (Å²) in [7, 11) is -9.92. The number of phosphoric ester groups is 2. The largest absolute Gasteiger partial charge is 0.472 e. The highest BCUT2D eigenvalue weighted by Gasteiger charge is 2.30. The Morgan fingerprint density at radius 3 is 0.792 bits per heavy atom. The van der Waals surface area contributed by atoms with E-state index in [-0.39, 0.29) is 25.7 Å². The first kappa shape index (κ1) is 94.1. The van der Waals surface area contributed by atoms with E-state index in [1.54, 1.807) is 0 Å². The summed E-state index contributed by atoms with van der Waals surface area (Å²) in [5.74, 6) is 0.268. The highest BCUT2D eigenvalue weighted by Crippen LogP contribution is 2.45. The predicted molar refractivity (Wildman–Crippen MR) is 391 cm³/mol. The number of phosphoric acid groups is 2. The van der Waals surface area contributed by atoms with E-state index in [0.717, 1.165) is 108 Å². The number of ether oxygens (including phenoxy) is 4. The van der Waals surface area contributed by atoms with E-state index in [9.17, 15) is 43.2 Å². The second-order valence-electron chi connectivity index (χ2n) is 28.7. The number of unbranched alkanes of at least 4 members (excludes halogenated alkanes) is 41. The Morgan fingerprint density at radius 2 is 0.531 bits per heavy atom. The maximum Gasteiger partial charge on any atom is 0.472 e. The average Bonchev–Trinajstić information content (AvgIpc) is 1.08. The van der Waals surface area contributed by atoms with Gasteiger partial charge in [0.2, 0.25) is 0 Å². The summed E-state index contributed by atoms with van der Waals surface area (Å²) in [6.07, 6.45) is 53.8. The van der Waals surface area contributed by atoms with Crippen LogP contribution in [0.4, 0.5) is 0 Å². The number of carbonyl (C=O) groups excluding carboxylic acids is 4. The van der Waals surface area contributed by atoms with Crippen molar-refractivity contribution >= 4 is 39.5 Å². The highest BCUT2D eigenvalue weighted by molar-refractivity contribution is 7.47. The average molecular weight is 1410 g/mol. The van der Waals surface area contributed by atoms with Crippen molar-refractivity contribution in [3.05, 3.63) is 0 Å². The zero-order chi connectivity index (χ0) is 70.9. The van der Waals surface area contributed by atoms with Crippen molar-refractivity contribution in [2.45, 2.75) is 414 Å². The van der Waals surface area contributed by atoms with Gasteiger partial charge in [0.25, 0.3) is 0 Å². The molecule has 0 bridgehead atoms. The van der Waals surface area contributed by atoms with E-state index in [0.29, 0.717) is 25.7 Å². The number of hydrogen-bond donors (Lipinski definition) is 3. The number of aliphatic hydroxyl groups excluding tert-OH is 1. The Hall–Kier alpha value is -1.94. The van der Waals surface area contributed by atoms with Gasteiger partial charge in [-0.3, -0.25) is 37.3 Å². The molecule has 0 fully saturated rings. The van der Waals surface area contributed by atoms with E-state index in [4.69, 9.17) is 37.0 Å². The second-order valence-corrected chi connectivity index (χ2v) is 31.6. The monoisotopic (exact) mass is 1410 g/mol. The number of esters is 4. The minimum absolute atomic E-state index is 0.107. The molecule has 0 aromatic carbocycles. The van der Waals surface area contributed by atoms with Gasteiger partial charge < -0.3 is 33.8 Å². The van der Waals surface area contributed by atoms with Crippen LogP contribution in [0.25, 0.3) is 0 Å². The maximum absolute atomic E-state index is 13.1. The van der Waals surface area contributed by atoms with Crippen LogP contribution in [0.15, 0.2) is 0 Å². The van der Waals surface area contributed by atoms with E-state index < -0.39 is 97.5 Å². The van der Waals surface area contributed by atoms with E-state index in [1.807, 2.05) is 0 Å². The lowest BCUT2D eigenvalue weighted by Gasteiger charge is -2.21. The van der Waals surface area contributed by atoms with E-state index >= 15 is 0 Å². The van der Waals surface area contributed by atoms with Gasteiger partial charge >= 0.3 is 39.5 Å². The molecule has 19 heteroatoms. The number of rotatable bonds is 75. The summed E-state index contributed by atoms with van der Waals surface area (Å²) >= 11 is 0. The molecule has 0 rings (SSSR count). The third kappa shape index (κ3) is 67.9. The number of carbonyl (C=O) groups is 4. The third-order valence-electron chi connectivity index (χ3n) is 18.6. The molecule has 0 saturated carbocycles. The fraction of sp³-hybridized carbons (Fsp3) is 0.948. The first-order chi connectivity index (χ1) is 46.3. The summed E-state index contributed by atoms with van der Waals surface area (Å²) in [6.45, 7) is 12.0. The molecule has 0 amide bonds. The number of hydrogen-bond acceptors (Lipinski definition) is 15. The summed E-state index contributed by atoms with van der Waals surface area (Å²) in [5, 5.41) is 10.6. The Labute approximate surface area is 588 Å². The first-order valence-corrected chi connectivity index (χ1v) is 42.9. The van der Waals surface area contributed by atoms with Crippen LogP contribution < -0.4 is 0 Å². The minimum Gasteiger partial charge on any atom is -0.462 e. The fourth-order valence-corrected chi connectivity index (χ4v) is 13.3. The SMILES string of the molecule is CCCCCCCCCCCCCCCC(=O)O[C@H](COC(=O)CCCCCCCCCCC(C)CC)COP(=O)(O)OC[C@H](O)COP(=O)(O)OC[C@@H](COC(=O)CCCCCCCCCCCCC(C)CC)OC(=O)CCCCCCCCCCCCCCCCC(C)C. The lowest BCUT2D eigenvalue weighted by atomic mass is 9.99. The lowest BCUT2D eigenvalue weighted by Crippen LogP contribution is -2.30. The van der Waals surface area contributed by atoms with Gasteiger partial charge in [0, 0.05) is 25.7 Å². The summed E-state index contributed by atoms with van der Waals surface area (Å²) < 4.78 is 68.6. The molecule has 0 spiro atoms. The van der Waals surface area contributed by atoms with Crippen LogP contribution in [0.5, 0.6) is 0 Å². The van der Waals surface area contributed by atoms with Gasteiger partial charge in [0.1, 0.15) is 19.3 Å². The van der Waals surface area contributed by atoms with Gasteiger partial charge in [-0.1, -0.05) is 344 Å². The van der Waals surface area contributed by atoms with Crippen LogP contribution in [0, 0.1) is 17.8 Å². The Morgan fingerprint density at radius 1 is 0.302 bits per heavy atom. The summed E-state index contributed by atoms with van der Waals surface area (Å²) in [5.41, 5.74) is 0. The smallest absolute Gasteiger partial charge is 0.462 e. The molecule has 0 aromatic rings. The molecule has 0 saturated heterocycles.